The van der Waals surface area contributed by atoms with Crippen molar-refractivity contribution in [3.8, 4) is 0 Å². The smallest absolute Gasteiger partial charge is 0.295 e. The zero-order valence-corrected chi connectivity index (χ0v) is 13.7. The summed E-state index contributed by atoms with van der Waals surface area (Å²) in [7, 11) is -2.17. The molecule has 2 rings (SSSR count). The first-order valence-corrected chi connectivity index (χ1v) is 8.48. The van der Waals surface area contributed by atoms with Gasteiger partial charge >= 0.3 is 0 Å². The molecule has 9 heteroatoms. The fraction of sp³-hybridized carbons (Fsp3) is 0.455. The number of hydrogen-bond donors (Lipinski definition) is 1. The first-order valence-electron chi connectivity index (χ1n) is 5.84. The van der Waals surface area contributed by atoms with Gasteiger partial charge in [0.2, 0.25) is 5.96 Å². The Balaban J connectivity index is 2.30. The maximum absolute atomic E-state index is 12.2. The molecule has 1 aliphatic rings. The minimum atomic E-state index is -3.78. The van der Waals surface area contributed by atoms with Gasteiger partial charge in [-0.2, -0.15) is 13.5 Å². The summed E-state index contributed by atoms with van der Waals surface area (Å²) >= 11 is 6.73. The largest absolute Gasteiger partial charge is 0.357 e. The number of nitrogens with zero attached hydrogens (tertiary/aromatic N) is 3. The van der Waals surface area contributed by atoms with Gasteiger partial charge in [0.25, 0.3) is 10.0 Å². The summed E-state index contributed by atoms with van der Waals surface area (Å²) in [5.74, 6) is 0.191. The Kier molecular flexibility index (Phi) is 4.08. The molecule has 2 heterocycles. The van der Waals surface area contributed by atoms with Crippen molar-refractivity contribution in [2.75, 3.05) is 13.6 Å². The summed E-state index contributed by atoms with van der Waals surface area (Å²) in [6, 6.07) is 2.97. The lowest BCUT2D eigenvalue weighted by Gasteiger charge is -2.20. The number of hydrogen-bond acceptors (Lipinski definition) is 4. The average molecular weight is 335 g/mol. The zero-order chi connectivity index (χ0) is 15.0. The van der Waals surface area contributed by atoms with E-state index in [9.17, 15) is 8.42 Å². The van der Waals surface area contributed by atoms with Crippen LogP contribution in [0.5, 0.6) is 0 Å². The molecule has 0 radical (unpaired) electrons. The second kappa shape index (κ2) is 5.34. The van der Waals surface area contributed by atoms with E-state index in [1.54, 1.807) is 13.3 Å². The lowest BCUT2D eigenvalue weighted by molar-refractivity contribution is 0.378. The summed E-state index contributed by atoms with van der Waals surface area (Å²) in [6.45, 7) is 4.59. The minimum absolute atomic E-state index is 0.109. The van der Waals surface area contributed by atoms with Gasteiger partial charge in [-0.1, -0.05) is 25.4 Å². The first kappa shape index (κ1) is 15.3. The van der Waals surface area contributed by atoms with E-state index in [4.69, 9.17) is 11.6 Å². The number of nitrogens with one attached hydrogen (secondary N) is 1. The van der Waals surface area contributed by atoms with Crippen LogP contribution in [-0.4, -0.2) is 39.2 Å². The molecule has 1 aliphatic heterocycles. The molecular weight excluding hydrogens is 320 g/mol. The maximum Gasteiger partial charge on any atom is 0.295 e. The molecular formula is C11H15ClN4O2S2. The summed E-state index contributed by atoms with van der Waals surface area (Å²) in [5.41, 5.74) is -0.117. The van der Waals surface area contributed by atoms with Crippen LogP contribution >= 0.6 is 22.9 Å². The van der Waals surface area contributed by atoms with Gasteiger partial charge in [-0.15, -0.1) is 15.7 Å². The van der Waals surface area contributed by atoms with E-state index in [2.05, 4.69) is 14.8 Å². The Bertz CT molecular complexity index is 664. The molecule has 0 bridgehead atoms. The number of halogens is 1. The Morgan fingerprint density at radius 1 is 1.55 bits per heavy atom. The molecule has 6 nitrogen and oxygen atoms in total. The molecule has 0 unspecified atom stereocenters. The number of rotatable bonds is 2. The molecule has 1 aromatic heterocycles. The predicted octanol–water partition coefficient (Wildman–Crippen LogP) is 1.99. The van der Waals surface area contributed by atoms with Crippen molar-refractivity contribution >= 4 is 45.1 Å². The van der Waals surface area contributed by atoms with Crippen molar-refractivity contribution < 1.29 is 8.42 Å². The number of sulfonamides is 1. The second-order valence-corrected chi connectivity index (χ2v) is 8.54. The molecule has 1 aromatic rings. The summed E-state index contributed by atoms with van der Waals surface area (Å²) < 4.78 is 28.7. The Morgan fingerprint density at radius 2 is 2.25 bits per heavy atom. The van der Waals surface area contributed by atoms with E-state index in [-0.39, 0.29) is 15.6 Å². The van der Waals surface area contributed by atoms with Crippen LogP contribution in [0.1, 0.15) is 13.8 Å². The quantitative estimate of drug-likeness (QED) is 0.663. The summed E-state index contributed by atoms with van der Waals surface area (Å²) in [5, 5.41) is 8.47. The van der Waals surface area contributed by atoms with E-state index in [0.717, 1.165) is 11.3 Å². The van der Waals surface area contributed by atoms with E-state index in [1.807, 2.05) is 13.8 Å². The molecule has 0 spiro atoms. The highest BCUT2D eigenvalue weighted by Crippen LogP contribution is 2.27. The number of guanidine groups is 1. The van der Waals surface area contributed by atoms with Crippen molar-refractivity contribution in [2.24, 2.45) is 14.9 Å². The Hall–Kier alpha value is -1.12. The lowest BCUT2D eigenvalue weighted by atomic mass is 9.97. The normalized spacial score (nSPS) is 18.6. The van der Waals surface area contributed by atoms with Crippen LogP contribution in [-0.2, 0) is 10.0 Å². The van der Waals surface area contributed by atoms with Crippen molar-refractivity contribution in [1.29, 1.82) is 0 Å². The van der Waals surface area contributed by atoms with E-state index >= 15 is 0 Å². The molecule has 0 fully saturated rings. The molecule has 110 valence electrons. The number of hydrazone groups is 1. The monoisotopic (exact) mass is 334 g/mol. The fourth-order valence-corrected chi connectivity index (χ4v) is 4.10. The Labute approximate surface area is 127 Å². The van der Waals surface area contributed by atoms with Crippen LogP contribution in [0, 0.1) is 5.41 Å². The van der Waals surface area contributed by atoms with Gasteiger partial charge in [-0.05, 0) is 12.1 Å². The average Bonchev–Trinajstić information content (AvgIpc) is 2.92. The van der Waals surface area contributed by atoms with E-state index in [0.29, 0.717) is 10.9 Å². The van der Waals surface area contributed by atoms with Gasteiger partial charge in [0.15, 0.2) is 0 Å². The van der Waals surface area contributed by atoms with Crippen molar-refractivity contribution in [2.45, 2.75) is 18.1 Å². The molecule has 1 N–H and O–H groups in total. The topological polar surface area (TPSA) is 74.1 Å². The molecule has 0 atom stereocenters. The molecule has 20 heavy (non-hydrogen) atoms. The van der Waals surface area contributed by atoms with Crippen LogP contribution < -0.4 is 5.32 Å². The second-order valence-electron chi connectivity index (χ2n) is 4.99. The van der Waals surface area contributed by atoms with Gasteiger partial charge in [0.05, 0.1) is 10.9 Å². The van der Waals surface area contributed by atoms with Crippen LogP contribution in [0.3, 0.4) is 0 Å². The highest BCUT2D eigenvalue weighted by molar-refractivity contribution is 7.92. The highest BCUT2D eigenvalue weighted by atomic mass is 35.5. The molecule has 0 amide bonds. The SMILES string of the molecule is CN/C(=N\S(=O)(=O)c1ccc(Cl)s1)N1CC(C)(C)C=N1. The van der Waals surface area contributed by atoms with Crippen molar-refractivity contribution in [1.82, 2.24) is 10.3 Å². The third kappa shape index (κ3) is 3.31. The molecule has 0 saturated carbocycles. The Morgan fingerprint density at radius 3 is 2.70 bits per heavy atom. The van der Waals surface area contributed by atoms with E-state index < -0.39 is 10.0 Å². The molecule has 0 saturated heterocycles. The first-order chi connectivity index (χ1) is 9.23. The highest BCUT2D eigenvalue weighted by Gasteiger charge is 2.29. The minimum Gasteiger partial charge on any atom is -0.357 e. The summed E-state index contributed by atoms with van der Waals surface area (Å²) in [4.78, 5) is 0. The zero-order valence-electron chi connectivity index (χ0n) is 11.3. The molecule has 0 aromatic carbocycles. The van der Waals surface area contributed by atoms with Crippen molar-refractivity contribution in [3.63, 3.8) is 0 Å². The number of thiophene rings is 1. The van der Waals surface area contributed by atoms with Gasteiger partial charge in [0.1, 0.15) is 4.21 Å². The lowest BCUT2D eigenvalue weighted by Crippen LogP contribution is -2.38. The van der Waals surface area contributed by atoms with Crippen LogP contribution in [0.2, 0.25) is 4.34 Å². The predicted molar refractivity (Wildman–Crippen MR) is 82.0 cm³/mol. The van der Waals surface area contributed by atoms with Gasteiger partial charge in [-0.25, -0.2) is 5.01 Å². The van der Waals surface area contributed by atoms with Gasteiger partial charge in [0, 0.05) is 18.7 Å². The van der Waals surface area contributed by atoms with Crippen LogP contribution in [0.15, 0.2) is 25.8 Å². The maximum atomic E-state index is 12.2. The van der Waals surface area contributed by atoms with E-state index in [1.165, 1.54) is 17.1 Å². The van der Waals surface area contributed by atoms with Crippen molar-refractivity contribution in [3.05, 3.63) is 16.5 Å². The molecule has 0 aliphatic carbocycles. The van der Waals surface area contributed by atoms with Gasteiger partial charge in [-0.3, -0.25) is 0 Å². The van der Waals surface area contributed by atoms with Gasteiger partial charge < -0.3 is 5.32 Å². The third-order valence-corrected chi connectivity index (χ3v) is 5.55. The van der Waals surface area contributed by atoms with Crippen LogP contribution in [0.25, 0.3) is 0 Å². The standard InChI is InChI=1S/C11H15ClN4O2S2/c1-11(2)6-14-16(7-11)10(13-3)15-20(17,18)9-5-4-8(12)19-9/h4-6H,7H2,1-3H3,(H,13,15). The van der Waals surface area contributed by atoms with Crippen LogP contribution in [0.4, 0.5) is 0 Å². The third-order valence-electron chi connectivity index (χ3n) is 2.58. The summed E-state index contributed by atoms with van der Waals surface area (Å²) in [6.07, 6.45) is 1.77. The fourth-order valence-electron chi connectivity index (χ4n) is 1.64.